The predicted molar refractivity (Wildman–Crippen MR) is 119 cm³/mol. The number of hydrogen-bond acceptors (Lipinski definition) is 5. The summed E-state index contributed by atoms with van der Waals surface area (Å²) in [6.07, 6.45) is 0. The van der Waals surface area contributed by atoms with Crippen LogP contribution in [0.5, 0.6) is 0 Å². The molecule has 0 aliphatic carbocycles. The zero-order chi connectivity index (χ0) is 24.5. The maximum Gasteiger partial charge on any atom is 0.335 e. The van der Waals surface area contributed by atoms with Crippen LogP contribution in [0.2, 0.25) is 0 Å². The third kappa shape index (κ3) is 4.32. The SMILES string of the molecule is CC1=C(C(=O)O)C(c2ccc(C#N)cc2S(=O)(=O)C(C)C)NC(=O)N1c1cccc(CF)c1. The number of aliphatic carboxylic acids is 1. The van der Waals surface area contributed by atoms with Crippen LogP contribution in [0.25, 0.3) is 0 Å². The third-order valence-corrected chi connectivity index (χ3v) is 7.63. The van der Waals surface area contributed by atoms with Crippen molar-refractivity contribution in [2.24, 2.45) is 0 Å². The Kier molecular flexibility index (Phi) is 6.56. The number of allylic oxidation sites excluding steroid dienone is 1. The smallest absolute Gasteiger partial charge is 0.335 e. The molecule has 1 atom stereocenters. The molecule has 0 spiro atoms. The molecule has 0 saturated heterocycles. The Morgan fingerprint density at radius 2 is 1.97 bits per heavy atom. The summed E-state index contributed by atoms with van der Waals surface area (Å²) in [5.41, 5.74) is 0.527. The third-order valence-electron chi connectivity index (χ3n) is 5.42. The monoisotopic (exact) mass is 471 g/mol. The van der Waals surface area contributed by atoms with Gasteiger partial charge in [0.2, 0.25) is 0 Å². The van der Waals surface area contributed by atoms with Gasteiger partial charge in [0, 0.05) is 5.70 Å². The van der Waals surface area contributed by atoms with Crippen LogP contribution in [-0.4, -0.2) is 30.8 Å². The first-order valence-electron chi connectivity index (χ1n) is 10.0. The van der Waals surface area contributed by atoms with Gasteiger partial charge in [-0.25, -0.2) is 22.4 Å². The van der Waals surface area contributed by atoms with Crippen molar-refractivity contribution >= 4 is 27.5 Å². The van der Waals surface area contributed by atoms with Crippen LogP contribution in [0.4, 0.5) is 14.9 Å². The average molecular weight is 472 g/mol. The summed E-state index contributed by atoms with van der Waals surface area (Å²) in [5.74, 6) is -1.36. The first-order valence-corrected chi connectivity index (χ1v) is 11.5. The Balaban J connectivity index is 2.26. The lowest BCUT2D eigenvalue weighted by Crippen LogP contribution is -2.48. The van der Waals surface area contributed by atoms with Gasteiger partial charge < -0.3 is 10.4 Å². The lowest BCUT2D eigenvalue weighted by molar-refractivity contribution is -0.133. The largest absolute Gasteiger partial charge is 0.478 e. The fraction of sp³-hybridized carbons (Fsp3) is 0.261. The molecule has 10 heteroatoms. The van der Waals surface area contributed by atoms with Gasteiger partial charge >= 0.3 is 12.0 Å². The molecule has 1 aliphatic heterocycles. The van der Waals surface area contributed by atoms with Crippen LogP contribution in [0, 0.1) is 11.3 Å². The first-order chi connectivity index (χ1) is 15.5. The van der Waals surface area contributed by atoms with E-state index in [1.165, 1.54) is 51.1 Å². The van der Waals surface area contributed by atoms with E-state index < -0.39 is 39.8 Å². The van der Waals surface area contributed by atoms with E-state index in [-0.39, 0.29) is 33.0 Å². The van der Waals surface area contributed by atoms with Crippen LogP contribution in [0.15, 0.2) is 58.6 Å². The van der Waals surface area contributed by atoms with Crippen molar-refractivity contribution in [1.82, 2.24) is 5.32 Å². The molecule has 2 aromatic rings. The molecule has 33 heavy (non-hydrogen) atoms. The maximum atomic E-state index is 13.1. The number of amides is 2. The second-order valence-electron chi connectivity index (χ2n) is 7.78. The lowest BCUT2D eigenvalue weighted by Gasteiger charge is -2.35. The normalized spacial score (nSPS) is 16.5. The summed E-state index contributed by atoms with van der Waals surface area (Å²) < 4.78 is 39.2. The number of anilines is 1. The van der Waals surface area contributed by atoms with E-state index >= 15 is 0 Å². The molecule has 1 unspecified atom stereocenters. The van der Waals surface area contributed by atoms with E-state index in [9.17, 15) is 32.8 Å². The first kappa shape index (κ1) is 23.9. The average Bonchev–Trinajstić information content (AvgIpc) is 2.77. The van der Waals surface area contributed by atoms with Crippen LogP contribution in [0.3, 0.4) is 0 Å². The summed E-state index contributed by atoms with van der Waals surface area (Å²) in [5, 5.41) is 21.0. The summed E-state index contributed by atoms with van der Waals surface area (Å²) >= 11 is 0. The molecule has 0 bridgehead atoms. The predicted octanol–water partition coefficient (Wildman–Crippen LogP) is 3.84. The molecule has 2 aromatic carbocycles. The van der Waals surface area contributed by atoms with Gasteiger partial charge in [-0.05, 0) is 56.2 Å². The number of carboxylic acids is 1. The highest BCUT2D eigenvalue weighted by Crippen LogP contribution is 2.37. The zero-order valence-corrected chi connectivity index (χ0v) is 19.0. The molecule has 0 saturated carbocycles. The molecule has 172 valence electrons. The van der Waals surface area contributed by atoms with Gasteiger partial charge in [-0.15, -0.1) is 0 Å². The Morgan fingerprint density at radius 3 is 2.55 bits per heavy atom. The van der Waals surface area contributed by atoms with Crippen molar-refractivity contribution in [2.75, 3.05) is 4.90 Å². The number of rotatable bonds is 6. The molecule has 0 radical (unpaired) electrons. The molecular formula is C23H22FN3O5S. The summed E-state index contributed by atoms with van der Waals surface area (Å²) in [6.45, 7) is 3.60. The fourth-order valence-electron chi connectivity index (χ4n) is 3.69. The topological polar surface area (TPSA) is 128 Å². The highest BCUT2D eigenvalue weighted by molar-refractivity contribution is 7.92. The van der Waals surface area contributed by atoms with Crippen molar-refractivity contribution < 1.29 is 27.5 Å². The number of urea groups is 1. The van der Waals surface area contributed by atoms with Gasteiger partial charge in [0.25, 0.3) is 0 Å². The number of carbonyl (C=O) groups excluding carboxylic acids is 1. The Morgan fingerprint density at radius 1 is 1.27 bits per heavy atom. The second-order valence-corrected chi connectivity index (χ2v) is 10.3. The number of sulfone groups is 1. The summed E-state index contributed by atoms with van der Waals surface area (Å²) in [6, 6.07) is 9.84. The van der Waals surface area contributed by atoms with E-state index in [0.29, 0.717) is 5.56 Å². The van der Waals surface area contributed by atoms with Gasteiger partial charge in [-0.2, -0.15) is 5.26 Å². The maximum absolute atomic E-state index is 13.1. The Hall–Kier alpha value is -3.71. The van der Waals surface area contributed by atoms with E-state index in [2.05, 4.69) is 5.32 Å². The number of benzene rings is 2. The number of carbonyl (C=O) groups is 2. The number of nitrogens with zero attached hydrogens (tertiary/aromatic N) is 2. The van der Waals surface area contributed by atoms with Gasteiger partial charge in [0.05, 0.1) is 39.1 Å². The van der Waals surface area contributed by atoms with Gasteiger partial charge in [0.1, 0.15) is 6.67 Å². The van der Waals surface area contributed by atoms with E-state index in [1.807, 2.05) is 6.07 Å². The zero-order valence-electron chi connectivity index (χ0n) is 18.2. The van der Waals surface area contributed by atoms with Gasteiger partial charge in [-0.1, -0.05) is 18.2 Å². The Bertz CT molecular complexity index is 1310. The molecule has 2 amide bonds. The summed E-state index contributed by atoms with van der Waals surface area (Å²) in [7, 11) is -3.92. The molecule has 8 nitrogen and oxygen atoms in total. The molecule has 0 aromatic heterocycles. The second kappa shape index (κ2) is 9.03. The molecule has 2 N–H and O–H groups in total. The highest BCUT2D eigenvalue weighted by atomic mass is 32.2. The van der Waals surface area contributed by atoms with Crippen LogP contribution >= 0.6 is 0 Å². The van der Waals surface area contributed by atoms with E-state index in [1.54, 1.807) is 12.1 Å². The highest BCUT2D eigenvalue weighted by Gasteiger charge is 2.39. The standard InChI is InChI=1S/C23H22FN3O5S/c1-13(2)33(31,32)19-10-16(12-25)7-8-18(19)21-20(22(28)29)14(3)27(23(30)26-21)17-6-4-5-15(9-17)11-24/h4-10,13,21H,11H2,1-3H3,(H,26,30)(H,28,29). The van der Waals surface area contributed by atoms with Crippen LogP contribution in [0.1, 0.15) is 43.5 Å². The van der Waals surface area contributed by atoms with Crippen molar-refractivity contribution in [3.05, 3.63) is 70.4 Å². The molecule has 3 rings (SSSR count). The van der Waals surface area contributed by atoms with Crippen LogP contribution < -0.4 is 10.2 Å². The fourth-order valence-corrected chi connectivity index (χ4v) is 5.00. The minimum atomic E-state index is -3.92. The van der Waals surface area contributed by atoms with Crippen molar-refractivity contribution in [1.29, 1.82) is 5.26 Å². The van der Waals surface area contributed by atoms with Gasteiger partial charge in [-0.3, -0.25) is 4.90 Å². The van der Waals surface area contributed by atoms with E-state index in [4.69, 9.17) is 0 Å². The summed E-state index contributed by atoms with van der Waals surface area (Å²) in [4.78, 5) is 26.2. The number of nitrogens with one attached hydrogen (secondary N) is 1. The number of nitriles is 1. The lowest BCUT2D eigenvalue weighted by atomic mass is 9.94. The molecule has 1 aliphatic rings. The molecule has 0 fully saturated rings. The van der Waals surface area contributed by atoms with Crippen molar-refractivity contribution in [3.8, 4) is 6.07 Å². The number of carboxylic acid groups (broad SMARTS) is 1. The number of alkyl halides is 1. The Labute approximate surface area is 190 Å². The number of hydrogen-bond donors (Lipinski definition) is 2. The molecule has 1 heterocycles. The van der Waals surface area contributed by atoms with Crippen LogP contribution in [-0.2, 0) is 21.3 Å². The molecular weight excluding hydrogens is 449 g/mol. The quantitative estimate of drug-likeness (QED) is 0.659. The minimum Gasteiger partial charge on any atom is -0.478 e. The van der Waals surface area contributed by atoms with E-state index in [0.717, 1.165) is 4.90 Å². The van der Waals surface area contributed by atoms with Crippen molar-refractivity contribution in [2.45, 2.75) is 43.6 Å². The van der Waals surface area contributed by atoms with Crippen molar-refractivity contribution in [3.63, 3.8) is 0 Å². The minimum absolute atomic E-state index is 0.0463. The van der Waals surface area contributed by atoms with Gasteiger partial charge in [0.15, 0.2) is 9.84 Å². The number of halogens is 1.